The van der Waals surface area contributed by atoms with Gasteiger partial charge >= 0.3 is 0 Å². The Morgan fingerprint density at radius 2 is 0.897 bits per heavy atom. The molecular weight excluding hydrogens is 765 g/mol. The zero-order chi connectivity index (χ0) is 38.4. The van der Waals surface area contributed by atoms with Crippen molar-refractivity contribution in [1.29, 1.82) is 0 Å². The number of thioether (sulfide) groups is 2. The van der Waals surface area contributed by atoms with Crippen molar-refractivity contribution >= 4 is 34.6 Å². The van der Waals surface area contributed by atoms with E-state index < -0.39 is 12.1 Å². The molecule has 286 valence electrons. The molecule has 6 heterocycles. The van der Waals surface area contributed by atoms with E-state index in [1.54, 1.807) is 23.5 Å². The molecule has 0 amide bonds. The Hall–Kier alpha value is -6.38. The average Bonchev–Trinajstić information content (AvgIpc) is 3.91. The largest absolute Gasteiger partial charge is 0.493 e. The molecule has 5 aromatic carbocycles. The normalized spacial score (nSPS) is 19.9. The Bertz CT molecular complexity index is 2580. The van der Waals surface area contributed by atoms with E-state index in [1.807, 2.05) is 106 Å². The lowest BCUT2D eigenvalue weighted by Gasteiger charge is -2.38. The van der Waals surface area contributed by atoms with Crippen LogP contribution in [0.4, 0.5) is 0 Å². The van der Waals surface area contributed by atoms with E-state index in [2.05, 4.69) is 47.2 Å². The van der Waals surface area contributed by atoms with Crippen LogP contribution in [0.1, 0.15) is 57.9 Å². The van der Waals surface area contributed by atoms with Gasteiger partial charge in [-0.15, -0.1) is 20.4 Å². The van der Waals surface area contributed by atoms with E-state index in [4.69, 9.17) is 39.8 Å². The van der Waals surface area contributed by atoms with E-state index in [0.717, 1.165) is 79.3 Å². The minimum Gasteiger partial charge on any atom is -0.493 e. The van der Waals surface area contributed by atoms with Crippen LogP contribution < -0.4 is 20.3 Å². The maximum atomic E-state index is 6.59. The number of nitrogens with zero attached hydrogens (tertiary/aromatic N) is 8. The Balaban J connectivity index is 1.16. The Morgan fingerprint density at radius 3 is 1.36 bits per heavy atom. The number of hydrogen-bond acceptors (Lipinski definition) is 12. The van der Waals surface area contributed by atoms with Gasteiger partial charge in [0.15, 0.2) is 11.6 Å². The van der Waals surface area contributed by atoms with E-state index >= 15 is 0 Å². The summed E-state index contributed by atoms with van der Waals surface area (Å²) >= 11 is 3.30. The molecule has 3 aliphatic rings. The summed E-state index contributed by atoms with van der Waals surface area (Å²) in [6, 6.07) is 44.1. The minimum atomic E-state index is -0.421. The summed E-state index contributed by atoms with van der Waals surface area (Å²) in [6.07, 6.45) is 1.66. The number of fused-ring (bicyclic) bond motifs is 12. The van der Waals surface area contributed by atoms with E-state index in [0.29, 0.717) is 24.9 Å². The molecule has 58 heavy (non-hydrogen) atoms. The number of rotatable bonds is 2. The van der Waals surface area contributed by atoms with Gasteiger partial charge in [-0.1, -0.05) is 133 Å². The standard InChI is InChI=1S/C44H36N10O2S2/c1-3-15-27(16-4-1)41-47-49-43-53(41)51-37-35-36(46-32-22-10-9-21-31(32)45-35)38-40(58-44-50-48-42(54(44)52-38)28-17-5-2-6-18-28)30-20-8-12-24-34(30)56-26-14-13-25-55-33-23-11-7-19-29(33)39(37)57-43/h1-12,15-24,37-40,51-52H,13-14,25-26H2. The van der Waals surface area contributed by atoms with Gasteiger partial charge < -0.3 is 20.3 Å². The molecule has 0 saturated heterocycles. The topological polar surface area (TPSA) is 130 Å². The minimum absolute atomic E-state index is 0.227. The number of ether oxygens (including phenoxy) is 2. The maximum Gasteiger partial charge on any atom is 0.210 e. The number of nitrogens with one attached hydrogen (secondary N) is 2. The molecule has 0 saturated carbocycles. The van der Waals surface area contributed by atoms with Crippen molar-refractivity contribution in [2.75, 3.05) is 24.1 Å². The summed E-state index contributed by atoms with van der Waals surface area (Å²) < 4.78 is 17.2. The smallest absolute Gasteiger partial charge is 0.210 e. The van der Waals surface area contributed by atoms with Crippen LogP contribution >= 0.6 is 23.5 Å². The molecule has 2 N–H and O–H groups in total. The number of aromatic nitrogens is 8. The molecule has 0 bridgehead atoms. The van der Waals surface area contributed by atoms with Crippen LogP contribution in [0.5, 0.6) is 11.5 Å². The predicted octanol–water partition coefficient (Wildman–Crippen LogP) is 8.96. The second-order valence-electron chi connectivity index (χ2n) is 14.3. The third-order valence-electron chi connectivity index (χ3n) is 10.7. The van der Waals surface area contributed by atoms with Crippen LogP contribution in [0.3, 0.4) is 0 Å². The Labute approximate surface area is 342 Å². The van der Waals surface area contributed by atoms with Gasteiger partial charge in [0.05, 0.1) is 46.1 Å². The SMILES string of the molecule is c1ccc(-c2nnc3n2NC2c4nc5ccccc5nc4C4Nn5c(nnc5-c5ccccc5)SC4c4ccccc4OCCCCOc4ccccc4C2S3)cc1. The first kappa shape index (κ1) is 34.8. The highest BCUT2D eigenvalue weighted by molar-refractivity contribution is 7.99. The Kier molecular flexibility index (Phi) is 8.92. The molecule has 0 aliphatic carbocycles. The van der Waals surface area contributed by atoms with Gasteiger partial charge in [0.1, 0.15) is 23.6 Å². The molecule has 11 rings (SSSR count). The molecule has 0 fully saturated rings. The summed E-state index contributed by atoms with van der Waals surface area (Å²) in [5.74, 6) is 3.07. The summed E-state index contributed by atoms with van der Waals surface area (Å²) in [6.45, 7) is 1.10. The molecule has 3 aromatic heterocycles. The van der Waals surface area contributed by atoms with E-state index in [9.17, 15) is 0 Å². The first-order chi connectivity index (χ1) is 28.8. The molecule has 4 atom stereocenters. The van der Waals surface area contributed by atoms with Crippen LogP contribution in [-0.4, -0.2) is 52.9 Å². The van der Waals surface area contributed by atoms with Gasteiger partial charge in [-0.3, -0.25) is 0 Å². The summed E-state index contributed by atoms with van der Waals surface area (Å²) in [5, 5.41) is 19.9. The van der Waals surface area contributed by atoms with Crippen molar-refractivity contribution in [3.63, 3.8) is 0 Å². The quantitative estimate of drug-likeness (QED) is 0.173. The van der Waals surface area contributed by atoms with Crippen LogP contribution in [0.25, 0.3) is 33.8 Å². The second kappa shape index (κ2) is 14.8. The van der Waals surface area contributed by atoms with Crippen molar-refractivity contribution in [2.45, 2.75) is 45.7 Å². The Morgan fingerprint density at radius 1 is 0.483 bits per heavy atom. The van der Waals surface area contributed by atoms with Gasteiger partial charge in [-0.05, 0) is 37.1 Å². The lowest BCUT2D eigenvalue weighted by molar-refractivity contribution is 0.263. The van der Waals surface area contributed by atoms with Gasteiger partial charge in [0, 0.05) is 22.3 Å². The average molecular weight is 801 g/mol. The number of para-hydroxylation sites is 4. The molecule has 12 nitrogen and oxygen atoms in total. The first-order valence-corrected chi connectivity index (χ1v) is 21.1. The highest BCUT2D eigenvalue weighted by Gasteiger charge is 2.43. The van der Waals surface area contributed by atoms with Gasteiger partial charge in [0.25, 0.3) is 0 Å². The van der Waals surface area contributed by atoms with Crippen molar-refractivity contribution in [1.82, 2.24) is 39.7 Å². The fourth-order valence-electron chi connectivity index (χ4n) is 7.89. The number of benzene rings is 5. The summed E-state index contributed by atoms with van der Waals surface area (Å²) in [4.78, 5) is 11.1. The zero-order valence-electron chi connectivity index (χ0n) is 31.1. The maximum absolute atomic E-state index is 6.59. The second-order valence-corrected chi connectivity index (χ2v) is 16.5. The summed E-state index contributed by atoms with van der Waals surface area (Å²) in [5.41, 5.74) is 14.9. The van der Waals surface area contributed by atoms with Crippen molar-refractivity contribution in [2.24, 2.45) is 0 Å². The van der Waals surface area contributed by atoms with Crippen LogP contribution in [0.2, 0.25) is 0 Å². The third kappa shape index (κ3) is 6.19. The van der Waals surface area contributed by atoms with Crippen molar-refractivity contribution < 1.29 is 9.47 Å². The molecular formula is C44H36N10O2S2. The fourth-order valence-corrected chi connectivity index (χ4v) is 10.3. The molecule has 3 aliphatic heterocycles. The highest BCUT2D eigenvalue weighted by atomic mass is 32.2. The van der Waals surface area contributed by atoms with E-state index in [-0.39, 0.29) is 10.5 Å². The van der Waals surface area contributed by atoms with Crippen molar-refractivity contribution in [3.8, 4) is 34.3 Å². The third-order valence-corrected chi connectivity index (χ3v) is 13.2. The van der Waals surface area contributed by atoms with Crippen LogP contribution in [0.15, 0.2) is 144 Å². The predicted molar refractivity (Wildman–Crippen MR) is 225 cm³/mol. The zero-order valence-corrected chi connectivity index (χ0v) is 32.7. The lowest BCUT2D eigenvalue weighted by atomic mass is 9.94. The van der Waals surface area contributed by atoms with Crippen molar-refractivity contribution in [3.05, 3.63) is 156 Å². The van der Waals surface area contributed by atoms with Gasteiger partial charge in [-0.25, -0.2) is 19.3 Å². The summed E-state index contributed by atoms with van der Waals surface area (Å²) in [7, 11) is 0. The molecule has 0 radical (unpaired) electrons. The van der Waals surface area contributed by atoms with Crippen LogP contribution in [0, 0.1) is 0 Å². The van der Waals surface area contributed by atoms with Crippen LogP contribution in [-0.2, 0) is 0 Å². The molecule has 14 heteroatoms. The highest BCUT2D eigenvalue weighted by Crippen LogP contribution is 2.54. The number of hydrogen-bond donors (Lipinski definition) is 2. The van der Waals surface area contributed by atoms with Gasteiger partial charge in [0.2, 0.25) is 10.3 Å². The fraction of sp³-hybridized carbons (Fsp3) is 0.182. The first-order valence-electron chi connectivity index (χ1n) is 19.3. The molecule has 0 spiro atoms. The lowest BCUT2D eigenvalue weighted by Crippen LogP contribution is -2.36. The molecule has 8 aromatic rings. The van der Waals surface area contributed by atoms with Gasteiger partial charge in [-0.2, -0.15) is 0 Å². The molecule has 4 unspecified atom stereocenters. The monoisotopic (exact) mass is 800 g/mol. The van der Waals surface area contributed by atoms with E-state index in [1.165, 1.54) is 0 Å².